The predicted octanol–water partition coefficient (Wildman–Crippen LogP) is 3.95. The Morgan fingerprint density at radius 3 is 2.48 bits per heavy atom. The number of hydrogen-bond acceptors (Lipinski definition) is 2. The number of halogens is 1. The molecular weight excluding hydrogens is 310 g/mol. The molecule has 0 aromatic heterocycles. The van der Waals surface area contributed by atoms with Crippen LogP contribution in [-0.2, 0) is 17.6 Å². The molecule has 0 saturated carbocycles. The molecule has 0 bridgehead atoms. The Morgan fingerprint density at radius 2 is 1.83 bits per heavy atom. The molecule has 0 aliphatic carbocycles. The highest BCUT2D eigenvalue weighted by atomic mass is 35.5. The first-order valence-corrected chi connectivity index (χ1v) is 8.19. The zero-order valence-corrected chi connectivity index (χ0v) is 14.3. The third kappa shape index (κ3) is 5.61. The largest absolute Gasteiger partial charge is 0.492 e. The number of carbonyl (C=O) groups is 1. The van der Waals surface area contributed by atoms with Crippen LogP contribution in [0.5, 0.6) is 5.75 Å². The minimum absolute atomic E-state index is 0.000197. The van der Waals surface area contributed by atoms with Crippen LogP contribution < -0.4 is 10.1 Å². The fourth-order valence-electron chi connectivity index (χ4n) is 2.16. The Hall–Kier alpha value is -2.00. The molecule has 0 heterocycles. The summed E-state index contributed by atoms with van der Waals surface area (Å²) < 4.78 is 5.57. The Bertz CT molecular complexity index is 653. The standard InChI is InChI=1S/C19H22ClNO2/c1-3-15-5-7-16(8-6-15)12-19(22)21-10-11-23-17-9-4-14(2)18(20)13-17/h4-9,13H,3,10-12H2,1-2H3,(H,21,22). The van der Waals surface area contributed by atoms with Crippen molar-refractivity contribution in [3.05, 3.63) is 64.2 Å². The molecule has 2 aromatic carbocycles. The summed E-state index contributed by atoms with van der Waals surface area (Å²) in [5.74, 6) is 0.713. The van der Waals surface area contributed by atoms with Crippen LogP contribution in [0.25, 0.3) is 0 Å². The number of carbonyl (C=O) groups excluding carboxylic acids is 1. The number of hydrogen-bond donors (Lipinski definition) is 1. The second kappa shape index (κ2) is 8.59. The van der Waals surface area contributed by atoms with Gasteiger partial charge < -0.3 is 10.1 Å². The summed E-state index contributed by atoms with van der Waals surface area (Å²) in [5.41, 5.74) is 3.31. The van der Waals surface area contributed by atoms with Gasteiger partial charge in [0.15, 0.2) is 0 Å². The van der Waals surface area contributed by atoms with E-state index in [1.165, 1.54) is 5.56 Å². The fraction of sp³-hybridized carbons (Fsp3) is 0.316. The van der Waals surface area contributed by atoms with Gasteiger partial charge in [0.2, 0.25) is 5.91 Å². The van der Waals surface area contributed by atoms with Crippen molar-refractivity contribution in [2.24, 2.45) is 0 Å². The maximum atomic E-state index is 11.9. The third-order valence-corrected chi connectivity index (χ3v) is 4.04. The van der Waals surface area contributed by atoms with Crippen LogP contribution in [0, 0.1) is 6.92 Å². The lowest BCUT2D eigenvalue weighted by molar-refractivity contribution is -0.120. The van der Waals surface area contributed by atoms with Crippen LogP contribution in [0.4, 0.5) is 0 Å². The summed E-state index contributed by atoms with van der Waals surface area (Å²) in [7, 11) is 0. The molecule has 4 heteroatoms. The molecule has 1 N–H and O–H groups in total. The molecule has 0 radical (unpaired) electrons. The molecule has 1 amide bonds. The van der Waals surface area contributed by atoms with Crippen LogP contribution in [0.3, 0.4) is 0 Å². The van der Waals surface area contributed by atoms with Crippen molar-refractivity contribution in [1.29, 1.82) is 0 Å². The molecular formula is C19H22ClNO2. The SMILES string of the molecule is CCc1ccc(CC(=O)NCCOc2ccc(C)c(Cl)c2)cc1. The molecule has 0 atom stereocenters. The molecule has 0 aliphatic rings. The van der Waals surface area contributed by atoms with Crippen molar-refractivity contribution in [2.45, 2.75) is 26.7 Å². The van der Waals surface area contributed by atoms with Crippen molar-refractivity contribution in [3.8, 4) is 5.75 Å². The van der Waals surface area contributed by atoms with E-state index in [2.05, 4.69) is 24.4 Å². The highest BCUT2D eigenvalue weighted by Crippen LogP contribution is 2.21. The average Bonchev–Trinajstić information content (AvgIpc) is 2.55. The van der Waals surface area contributed by atoms with Crippen molar-refractivity contribution >= 4 is 17.5 Å². The van der Waals surface area contributed by atoms with E-state index in [1.807, 2.05) is 31.2 Å². The Balaban J connectivity index is 1.70. The van der Waals surface area contributed by atoms with Crippen LogP contribution >= 0.6 is 11.6 Å². The minimum atomic E-state index is -0.000197. The molecule has 0 fully saturated rings. The highest BCUT2D eigenvalue weighted by molar-refractivity contribution is 6.31. The smallest absolute Gasteiger partial charge is 0.224 e. The van der Waals surface area contributed by atoms with Crippen molar-refractivity contribution in [2.75, 3.05) is 13.2 Å². The van der Waals surface area contributed by atoms with Crippen LogP contribution in [0.2, 0.25) is 5.02 Å². The molecule has 122 valence electrons. The first-order valence-electron chi connectivity index (χ1n) is 7.82. The van der Waals surface area contributed by atoms with Crippen LogP contribution in [0.15, 0.2) is 42.5 Å². The maximum absolute atomic E-state index is 11.9. The quantitative estimate of drug-likeness (QED) is 0.780. The Morgan fingerprint density at radius 1 is 1.13 bits per heavy atom. The number of amides is 1. The molecule has 23 heavy (non-hydrogen) atoms. The van der Waals surface area contributed by atoms with E-state index >= 15 is 0 Å². The zero-order valence-electron chi connectivity index (χ0n) is 13.6. The third-order valence-electron chi connectivity index (χ3n) is 3.63. The van der Waals surface area contributed by atoms with E-state index in [-0.39, 0.29) is 5.91 Å². The van der Waals surface area contributed by atoms with Gasteiger partial charge in [0, 0.05) is 5.02 Å². The summed E-state index contributed by atoms with van der Waals surface area (Å²) in [6.45, 7) is 4.94. The van der Waals surface area contributed by atoms with Gasteiger partial charge in [0.1, 0.15) is 12.4 Å². The number of ether oxygens (including phenoxy) is 1. The Labute approximate surface area is 142 Å². The molecule has 2 rings (SSSR count). The van der Waals surface area contributed by atoms with E-state index in [1.54, 1.807) is 6.07 Å². The average molecular weight is 332 g/mol. The molecule has 0 spiro atoms. The summed E-state index contributed by atoms with van der Waals surface area (Å²) in [5, 5.41) is 3.54. The number of benzene rings is 2. The van der Waals surface area contributed by atoms with Gasteiger partial charge >= 0.3 is 0 Å². The van der Waals surface area contributed by atoms with Crippen molar-refractivity contribution in [3.63, 3.8) is 0 Å². The van der Waals surface area contributed by atoms with E-state index in [0.29, 0.717) is 30.3 Å². The first kappa shape index (κ1) is 17.4. The maximum Gasteiger partial charge on any atom is 0.224 e. The van der Waals surface area contributed by atoms with Gasteiger partial charge in [-0.1, -0.05) is 48.9 Å². The summed E-state index contributed by atoms with van der Waals surface area (Å²) in [4.78, 5) is 11.9. The van der Waals surface area contributed by atoms with Gasteiger partial charge in [-0.05, 0) is 42.2 Å². The van der Waals surface area contributed by atoms with Crippen LogP contribution in [0.1, 0.15) is 23.6 Å². The lowest BCUT2D eigenvalue weighted by Crippen LogP contribution is -2.29. The van der Waals surface area contributed by atoms with Gasteiger partial charge in [-0.15, -0.1) is 0 Å². The lowest BCUT2D eigenvalue weighted by Gasteiger charge is -2.09. The number of rotatable bonds is 7. The minimum Gasteiger partial charge on any atom is -0.492 e. The summed E-state index contributed by atoms with van der Waals surface area (Å²) >= 11 is 6.04. The lowest BCUT2D eigenvalue weighted by atomic mass is 10.1. The van der Waals surface area contributed by atoms with Gasteiger partial charge in [0.25, 0.3) is 0 Å². The van der Waals surface area contributed by atoms with E-state index < -0.39 is 0 Å². The summed E-state index contributed by atoms with van der Waals surface area (Å²) in [6.07, 6.45) is 1.40. The monoisotopic (exact) mass is 331 g/mol. The van der Waals surface area contributed by atoms with Gasteiger partial charge in [-0.25, -0.2) is 0 Å². The number of aryl methyl sites for hydroxylation is 2. The van der Waals surface area contributed by atoms with Gasteiger partial charge in [-0.3, -0.25) is 4.79 Å². The molecule has 0 unspecified atom stereocenters. The highest BCUT2D eigenvalue weighted by Gasteiger charge is 2.03. The second-order valence-electron chi connectivity index (χ2n) is 5.46. The molecule has 0 saturated heterocycles. The topological polar surface area (TPSA) is 38.3 Å². The molecule has 3 nitrogen and oxygen atoms in total. The van der Waals surface area contributed by atoms with Crippen LogP contribution in [-0.4, -0.2) is 19.1 Å². The molecule has 0 aliphatic heterocycles. The predicted molar refractivity (Wildman–Crippen MR) is 94.2 cm³/mol. The first-order chi connectivity index (χ1) is 11.1. The van der Waals surface area contributed by atoms with Crippen molar-refractivity contribution in [1.82, 2.24) is 5.32 Å². The van der Waals surface area contributed by atoms with E-state index in [9.17, 15) is 4.79 Å². The Kier molecular flexibility index (Phi) is 6.48. The van der Waals surface area contributed by atoms with E-state index in [4.69, 9.17) is 16.3 Å². The van der Waals surface area contributed by atoms with E-state index in [0.717, 1.165) is 17.5 Å². The zero-order chi connectivity index (χ0) is 16.7. The van der Waals surface area contributed by atoms with Crippen molar-refractivity contribution < 1.29 is 9.53 Å². The summed E-state index contributed by atoms with van der Waals surface area (Å²) in [6, 6.07) is 13.7. The number of nitrogens with one attached hydrogen (secondary N) is 1. The second-order valence-corrected chi connectivity index (χ2v) is 5.86. The molecule has 2 aromatic rings. The normalized spacial score (nSPS) is 10.4. The fourth-order valence-corrected chi connectivity index (χ4v) is 2.33. The van der Waals surface area contributed by atoms with Gasteiger partial charge in [0.05, 0.1) is 13.0 Å². The van der Waals surface area contributed by atoms with Gasteiger partial charge in [-0.2, -0.15) is 0 Å².